The second kappa shape index (κ2) is 9.58. The first-order valence-corrected chi connectivity index (χ1v) is 10.7. The van der Waals surface area contributed by atoms with Crippen LogP contribution in [0, 0.1) is 5.92 Å². The van der Waals surface area contributed by atoms with E-state index in [1.165, 1.54) is 55.2 Å². The van der Waals surface area contributed by atoms with Crippen molar-refractivity contribution in [1.82, 2.24) is 15.5 Å². The molecule has 3 rings (SSSR count). The zero-order chi connectivity index (χ0) is 16.6. The SMILES string of the molecule is O=C(CSc1nnc(NCC2CCCO2)s1)NCC1CCCCC1. The molecule has 6 nitrogen and oxygen atoms in total. The first kappa shape index (κ1) is 17.9. The molecule has 1 amide bonds. The van der Waals surface area contributed by atoms with Gasteiger partial charge in [-0.05, 0) is 31.6 Å². The standard InChI is InChI=1S/C16H26N4O2S2/c21-14(17-9-12-5-2-1-3-6-12)11-23-16-20-19-15(24-16)18-10-13-7-4-8-22-13/h12-13H,1-11H2,(H,17,21)(H,18,19). The van der Waals surface area contributed by atoms with Crippen LogP contribution in [-0.4, -0.2) is 47.7 Å². The van der Waals surface area contributed by atoms with Gasteiger partial charge in [-0.1, -0.05) is 42.4 Å². The van der Waals surface area contributed by atoms with Gasteiger partial charge in [0.1, 0.15) is 0 Å². The van der Waals surface area contributed by atoms with E-state index in [-0.39, 0.29) is 12.0 Å². The maximum atomic E-state index is 12.0. The number of nitrogens with one attached hydrogen (secondary N) is 2. The van der Waals surface area contributed by atoms with E-state index in [0.717, 1.165) is 42.0 Å². The van der Waals surface area contributed by atoms with Gasteiger partial charge in [-0.25, -0.2) is 0 Å². The van der Waals surface area contributed by atoms with Crippen molar-refractivity contribution in [2.45, 2.75) is 55.4 Å². The van der Waals surface area contributed by atoms with Gasteiger partial charge in [0.15, 0.2) is 4.34 Å². The molecule has 8 heteroatoms. The first-order chi connectivity index (χ1) is 11.8. The summed E-state index contributed by atoms with van der Waals surface area (Å²) < 4.78 is 6.40. The van der Waals surface area contributed by atoms with Gasteiger partial charge in [0.05, 0.1) is 11.9 Å². The van der Waals surface area contributed by atoms with E-state index < -0.39 is 0 Å². The van der Waals surface area contributed by atoms with Crippen LogP contribution in [0.15, 0.2) is 4.34 Å². The van der Waals surface area contributed by atoms with Gasteiger partial charge in [0, 0.05) is 19.7 Å². The molecule has 1 saturated heterocycles. The van der Waals surface area contributed by atoms with E-state index in [0.29, 0.717) is 11.7 Å². The summed E-state index contributed by atoms with van der Waals surface area (Å²) in [7, 11) is 0. The van der Waals surface area contributed by atoms with Crippen LogP contribution in [0.4, 0.5) is 5.13 Å². The summed E-state index contributed by atoms with van der Waals surface area (Å²) in [6, 6.07) is 0. The van der Waals surface area contributed by atoms with Gasteiger partial charge in [0.25, 0.3) is 0 Å². The summed E-state index contributed by atoms with van der Waals surface area (Å²) in [5.41, 5.74) is 0. The highest BCUT2D eigenvalue weighted by molar-refractivity contribution is 8.01. The number of amides is 1. The van der Waals surface area contributed by atoms with Crippen molar-refractivity contribution in [2.24, 2.45) is 5.92 Å². The molecule has 2 aliphatic rings. The Kier molecular flexibility index (Phi) is 7.16. The van der Waals surface area contributed by atoms with Crippen LogP contribution in [0.5, 0.6) is 0 Å². The lowest BCUT2D eigenvalue weighted by Gasteiger charge is -2.21. The van der Waals surface area contributed by atoms with Gasteiger partial charge in [-0.2, -0.15) is 0 Å². The highest BCUT2D eigenvalue weighted by Crippen LogP contribution is 2.26. The van der Waals surface area contributed by atoms with Gasteiger partial charge in [0.2, 0.25) is 11.0 Å². The molecule has 0 bridgehead atoms. The number of aromatic nitrogens is 2. The number of hydrogen-bond donors (Lipinski definition) is 2. The van der Waals surface area contributed by atoms with Crippen LogP contribution >= 0.6 is 23.1 Å². The Morgan fingerprint density at radius 3 is 2.83 bits per heavy atom. The summed E-state index contributed by atoms with van der Waals surface area (Å²) in [6.45, 7) is 2.46. The molecule has 1 aromatic rings. The minimum atomic E-state index is 0.0923. The number of anilines is 1. The number of thioether (sulfide) groups is 1. The predicted octanol–water partition coefficient (Wildman–Crippen LogP) is 2.92. The fraction of sp³-hybridized carbons (Fsp3) is 0.812. The normalized spacial score (nSPS) is 21.8. The van der Waals surface area contributed by atoms with Crippen molar-refractivity contribution in [3.05, 3.63) is 0 Å². The molecular formula is C16H26N4O2S2. The largest absolute Gasteiger partial charge is 0.376 e. The second-order valence-electron chi connectivity index (χ2n) is 6.49. The van der Waals surface area contributed by atoms with Crippen molar-refractivity contribution < 1.29 is 9.53 Å². The average Bonchev–Trinajstić information content (AvgIpc) is 3.29. The molecule has 1 aliphatic carbocycles. The van der Waals surface area contributed by atoms with Crippen molar-refractivity contribution in [2.75, 3.05) is 30.8 Å². The molecule has 1 unspecified atom stereocenters. The monoisotopic (exact) mass is 370 g/mol. The molecule has 24 heavy (non-hydrogen) atoms. The minimum absolute atomic E-state index is 0.0923. The highest BCUT2D eigenvalue weighted by Gasteiger charge is 2.17. The van der Waals surface area contributed by atoms with Crippen LogP contribution in [-0.2, 0) is 9.53 Å². The van der Waals surface area contributed by atoms with Crippen LogP contribution in [0.1, 0.15) is 44.9 Å². The van der Waals surface area contributed by atoms with Crippen LogP contribution in [0.3, 0.4) is 0 Å². The van der Waals surface area contributed by atoms with Crippen molar-refractivity contribution in [3.8, 4) is 0 Å². The summed E-state index contributed by atoms with van der Waals surface area (Å²) >= 11 is 2.95. The van der Waals surface area contributed by atoms with Gasteiger partial charge in [-0.15, -0.1) is 10.2 Å². The molecule has 134 valence electrons. The summed E-state index contributed by atoms with van der Waals surface area (Å²) in [4.78, 5) is 12.0. The van der Waals surface area contributed by atoms with E-state index in [2.05, 4.69) is 20.8 Å². The van der Waals surface area contributed by atoms with Gasteiger partial charge < -0.3 is 15.4 Å². The molecule has 0 spiro atoms. The summed E-state index contributed by atoms with van der Waals surface area (Å²) in [5, 5.41) is 15.4. The number of hydrogen-bond acceptors (Lipinski definition) is 7. The van der Waals surface area contributed by atoms with Gasteiger partial charge >= 0.3 is 0 Å². The molecule has 1 aliphatic heterocycles. The zero-order valence-electron chi connectivity index (χ0n) is 14.0. The predicted molar refractivity (Wildman–Crippen MR) is 97.7 cm³/mol. The molecule has 2 heterocycles. The Morgan fingerprint density at radius 1 is 1.17 bits per heavy atom. The Balaban J connectivity index is 1.31. The van der Waals surface area contributed by atoms with E-state index in [4.69, 9.17) is 4.74 Å². The molecule has 1 aromatic heterocycles. The molecule has 2 fully saturated rings. The molecular weight excluding hydrogens is 344 g/mol. The fourth-order valence-electron chi connectivity index (χ4n) is 3.17. The Bertz CT molecular complexity index is 514. The third-order valence-electron chi connectivity index (χ3n) is 4.55. The number of carbonyl (C=O) groups excluding carboxylic acids is 1. The zero-order valence-corrected chi connectivity index (χ0v) is 15.6. The third-order valence-corrected chi connectivity index (χ3v) is 6.57. The number of rotatable bonds is 8. The molecule has 0 aromatic carbocycles. The lowest BCUT2D eigenvalue weighted by atomic mass is 9.89. The first-order valence-electron chi connectivity index (χ1n) is 8.88. The Hall–Kier alpha value is -0.860. The number of ether oxygens (including phenoxy) is 1. The molecule has 2 N–H and O–H groups in total. The van der Waals surface area contributed by atoms with E-state index in [1.54, 1.807) is 0 Å². The molecule has 1 saturated carbocycles. The maximum absolute atomic E-state index is 12.0. The lowest BCUT2D eigenvalue weighted by molar-refractivity contribution is -0.118. The third kappa shape index (κ3) is 5.89. The average molecular weight is 371 g/mol. The highest BCUT2D eigenvalue weighted by atomic mass is 32.2. The van der Waals surface area contributed by atoms with E-state index in [9.17, 15) is 4.79 Å². The van der Waals surface area contributed by atoms with E-state index in [1.807, 2.05) is 0 Å². The number of carbonyl (C=O) groups is 1. The minimum Gasteiger partial charge on any atom is -0.376 e. The number of nitrogens with zero attached hydrogens (tertiary/aromatic N) is 2. The van der Waals surface area contributed by atoms with Crippen LogP contribution in [0.25, 0.3) is 0 Å². The van der Waals surface area contributed by atoms with Crippen molar-refractivity contribution in [1.29, 1.82) is 0 Å². The Morgan fingerprint density at radius 2 is 2.04 bits per heavy atom. The maximum Gasteiger partial charge on any atom is 0.230 e. The van der Waals surface area contributed by atoms with Crippen LogP contribution in [0.2, 0.25) is 0 Å². The lowest BCUT2D eigenvalue weighted by Crippen LogP contribution is -2.31. The molecule has 0 radical (unpaired) electrons. The smallest absolute Gasteiger partial charge is 0.230 e. The van der Waals surface area contributed by atoms with Crippen LogP contribution < -0.4 is 10.6 Å². The summed E-state index contributed by atoms with van der Waals surface area (Å²) in [5.74, 6) is 1.17. The Labute approximate surface area is 151 Å². The second-order valence-corrected chi connectivity index (χ2v) is 8.69. The van der Waals surface area contributed by atoms with Crippen molar-refractivity contribution >= 4 is 34.1 Å². The quantitative estimate of drug-likeness (QED) is 0.685. The topological polar surface area (TPSA) is 76.1 Å². The summed E-state index contributed by atoms with van der Waals surface area (Å²) in [6.07, 6.45) is 9.00. The van der Waals surface area contributed by atoms with E-state index >= 15 is 0 Å². The molecule has 1 atom stereocenters. The van der Waals surface area contributed by atoms with Gasteiger partial charge in [-0.3, -0.25) is 4.79 Å². The fourth-order valence-corrected chi connectivity index (χ4v) is 4.76. The van der Waals surface area contributed by atoms with Crippen molar-refractivity contribution in [3.63, 3.8) is 0 Å².